The molecule has 0 aliphatic carbocycles. The van der Waals surface area contributed by atoms with Crippen molar-refractivity contribution in [2.45, 2.75) is 39.7 Å². The smallest absolute Gasteiger partial charge is 0.282 e. The normalized spacial score (nSPS) is 12.1. The van der Waals surface area contributed by atoms with Gasteiger partial charge in [-0.05, 0) is 89.5 Å². The van der Waals surface area contributed by atoms with Crippen molar-refractivity contribution in [3.63, 3.8) is 0 Å². The maximum absolute atomic E-state index is 13.4. The molecule has 0 unspecified atom stereocenters. The Hall–Kier alpha value is -3.32. The van der Waals surface area contributed by atoms with Crippen LogP contribution in [0.15, 0.2) is 69.0 Å². The molecule has 1 atom stereocenters. The van der Waals surface area contributed by atoms with Gasteiger partial charge in [-0.25, -0.2) is 4.98 Å². The molecule has 4 aromatic rings. The molecule has 1 aromatic heterocycles. The Kier molecular flexibility index (Phi) is 9.33. The summed E-state index contributed by atoms with van der Waals surface area (Å²) in [6.45, 7) is 6.58. The fourth-order valence-electron chi connectivity index (χ4n) is 3.84. The minimum atomic E-state index is -0.437. The van der Waals surface area contributed by atoms with Gasteiger partial charge in [-0.15, -0.1) is 0 Å². The van der Waals surface area contributed by atoms with Gasteiger partial charge in [0, 0.05) is 22.5 Å². The van der Waals surface area contributed by atoms with Gasteiger partial charge in [0.2, 0.25) is 0 Å². The predicted octanol–water partition coefficient (Wildman–Crippen LogP) is 7.05. The highest BCUT2D eigenvalue weighted by Gasteiger charge is 2.17. The zero-order valence-electron chi connectivity index (χ0n) is 21.6. The minimum Gasteiger partial charge on any atom is -0.490 e. The number of benzene rings is 3. The molecule has 0 fully saturated rings. The van der Waals surface area contributed by atoms with Crippen LogP contribution >= 0.6 is 38.5 Å². The third-order valence-corrected chi connectivity index (χ3v) is 7.37. The van der Waals surface area contributed by atoms with E-state index in [0.29, 0.717) is 34.8 Å². The fraction of sp³-hybridized carbons (Fsp3) is 0.250. The molecule has 0 bridgehead atoms. The standard InChI is InChI=1S/C28H26BrIN4O5/c1-4-17(3)27-32-24-11-8-20(29)14-22(24)28(35)33(27)31-15-19-12-23(30)26(25(13-19)38-5-2)39-16-18-6-9-21(10-7-18)34(36)37/h6-15,17H,4-5,16H2,1-3H3/t17-/m1/s1. The van der Waals surface area contributed by atoms with E-state index >= 15 is 0 Å². The minimum absolute atomic E-state index is 0.0248. The lowest BCUT2D eigenvalue weighted by Gasteiger charge is -2.15. The summed E-state index contributed by atoms with van der Waals surface area (Å²) in [4.78, 5) is 28.6. The number of nitrogens with zero attached hydrogens (tertiary/aromatic N) is 4. The molecule has 0 aliphatic heterocycles. The van der Waals surface area contributed by atoms with E-state index in [0.717, 1.165) is 25.6 Å². The Bertz CT molecular complexity index is 1600. The van der Waals surface area contributed by atoms with Crippen LogP contribution in [0.1, 0.15) is 50.1 Å². The van der Waals surface area contributed by atoms with Gasteiger partial charge in [0.05, 0.1) is 32.2 Å². The average Bonchev–Trinajstić information content (AvgIpc) is 2.92. The highest BCUT2D eigenvalue weighted by molar-refractivity contribution is 14.1. The van der Waals surface area contributed by atoms with Gasteiger partial charge in [-0.3, -0.25) is 14.9 Å². The molecule has 39 heavy (non-hydrogen) atoms. The summed E-state index contributed by atoms with van der Waals surface area (Å²) >= 11 is 5.60. The SMILES string of the molecule is CCOc1cc(C=Nn2c([C@H](C)CC)nc3ccc(Br)cc3c2=O)cc(I)c1OCc1ccc([N+](=O)[O-])cc1. The van der Waals surface area contributed by atoms with Crippen molar-refractivity contribution in [2.75, 3.05) is 6.61 Å². The Balaban J connectivity index is 1.67. The molecule has 0 saturated heterocycles. The number of nitro benzene ring substituents is 1. The fourth-order valence-corrected chi connectivity index (χ4v) is 4.98. The summed E-state index contributed by atoms with van der Waals surface area (Å²) < 4.78 is 14.9. The van der Waals surface area contributed by atoms with E-state index in [-0.39, 0.29) is 23.8 Å². The second-order valence-corrected chi connectivity index (χ2v) is 10.9. The molecule has 0 spiro atoms. The average molecular weight is 705 g/mol. The zero-order valence-corrected chi connectivity index (χ0v) is 25.3. The van der Waals surface area contributed by atoms with Crippen LogP contribution in [-0.2, 0) is 6.61 Å². The molecule has 202 valence electrons. The topological polar surface area (TPSA) is 109 Å². The first kappa shape index (κ1) is 28.7. The van der Waals surface area contributed by atoms with E-state index in [1.165, 1.54) is 16.8 Å². The van der Waals surface area contributed by atoms with Crippen LogP contribution in [0.5, 0.6) is 11.5 Å². The number of rotatable bonds is 10. The summed E-state index contributed by atoms with van der Waals surface area (Å²) in [6, 6.07) is 15.4. The lowest BCUT2D eigenvalue weighted by molar-refractivity contribution is -0.384. The Labute approximate surface area is 247 Å². The molecule has 0 amide bonds. The van der Waals surface area contributed by atoms with Gasteiger partial charge >= 0.3 is 0 Å². The number of hydrogen-bond acceptors (Lipinski definition) is 7. The van der Waals surface area contributed by atoms with Crippen molar-refractivity contribution in [2.24, 2.45) is 5.10 Å². The second kappa shape index (κ2) is 12.7. The summed E-state index contributed by atoms with van der Waals surface area (Å²) in [7, 11) is 0. The van der Waals surface area contributed by atoms with E-state index in [2.05, 4.69) is 43.6 Å². The van der Waals surface area contributed by atoms with Crippen LogP contribution in [0.4, 0.5) is 5.69 Å². The largest absolute Gasteiger partial charge is 0.490 e. The summed E-state index contributed by atoms with van der Waals surface area (Å²) in [5.41, 5.74) is 1.93. The van der Waals surface area contributed by atoms with Crippen LogP contribution in [0.3, 0.4) is 0 Å². The Morgan fingerprint density at radius 2 is 1.90 bits per heavy atom. The summed E-state index contributed by atoms with van der Waals surface area (Å²) in [5.74, 6) is 1.71. The van der Waals surface area contributed by atoms with Crippen LogP contribution in [-0.4, -0.2) is 27.4 Å². The van der Waals surface area contributed by atoms with Crippen LogP contribution in [0, 0.1) is 13.7 Å². The monoisotopic (exact) mass is 704 g/mol. The lowest BCUT2D eigenvalue weighted by atomic mass is 10.1. The van der Waals surface area contributed by atoms with E-state index in [9.17, 15) is 14.9 Å². The van der Waals surface area contributed by atoms with Crippen LogP contribution in [0.25, 0.3) is 10.9 Å². The number of ether oxygens (including phenoxy) is 2. The van der Waals surface area contributed by atoms with Crippen molar-refractivity contribution < 1.29 is 14.4 Å². The van der Waals surface area contributed by atoms with Crippen molar-refractivity contribution in [3.8, 4) is 11.5 Å². The van der Waals surface area contributed by atoms with Crippen molar-refractivity contribution in [3.05, 3.63) is 100 Å². The molecular formula is C28H26BrIN4O5. The lowest BCUT2D eigenvalue weighted by Crippen LogP contribution is -2.23. The first-order valence-corrected chi connectivity index (χ1v) is 14.2. The van der Waals surface area contributed by atoms with E-state index in [4.69, 9.17) is 14.5 Å². The number of fused-ring (bicyclic) bond motifs is 1. The zero-order chi connectivity index (χ0) is 28.1. The first-order valence-electron chi connectivity index (χ1n) is 12.3. The van der Waals surface area contributed by atoms with E-state index < -0.39 is 4.92 Å². The molecule has 11 heteroatoms. The number of halogens is 2. The van der Waals surface area contributed by atoms with Crippen molar-refractivity contribution in [1.29, 1.82) is 0 Å². The number of non-ortho nitro benzene ring substituents is 1. The Morgan fingerprint density at radius 1 is 1.15 bits per heavy atom. The van der Waals surface area contributed by atoms with Crippen LogP contribution < -0.4 is 15.0 Å². The van der Waals surface area contributed by atoms with Crippen LogP contribution in [0.2, 0.25) is 0 Å². The van der Waals surface area contributed by atoms with Gasteiger partial charge in [-0.2, -0.15) is 9.78 Å². The Morgan fingerprint density at radius 3 is 2.56 bits per heavy atom. The molecule has 0 aliphatic rings. The second-order valence-electron chi connectivity index (χ2n) is 8.78. The van der Waals surface area contributed by atoms with Gasteiger partial charge < -0.3 is 9.47 Å². The van der Waals surface area contributed by atoms with E-state index in [1.807, 2.05) is 39.0 Å². The third kappa shape index (κ3) is 6.64. The summed E-state index contributed by atoms with van der Waals surface area (Å²) in [5, 5.41) is 15.9. The molecular weight excluding hydrogens is 679 g/mol. The third-order valence-electron chi connectivity index (χ3n) is 6.07. The molecule has 3 aromatic carbocycles. The molecule has 0 radical (unpaired) electrons. The van der Waals surface area contributed by atoms with Gasteiger partial charge in [-0.1, -0.05) is 29.8 Å². The molecule has 1 heterocycles. The maximum atomic E-state index is 13.4. The molecule has 9 nitrogen and oxygen atoms in total. The number of aromatic nitrogens is 2. The van der Waals surface area contributed by atoms with Crippen molar-refractivity contribution >= 4 is 61.3 Å². The quantitative estimate of drug-likeness (QED) is 0.0758. The highest BCUT2D eigenvalue weighted by Crippen LogP contribution is 2.34. The number of hydrogen-bond donors (Lipinski definition) is 0. The predicted molar refractivity (Wildman–Crippen MR) is 163 cm³/mol. The molecule has 0 N–H and O–H groups in total. The van der Waals surface area contributed by atoms with Gasteiger partial charge in [0.1, 0.15) is 12.4 Å². The van der Waals surface area contributed by atoms with Crippen molar-refractivity contribution in [1.82, 2.24) is 9.66 Å². The maximum Gasteiger partial charge on any atom is 0.282 e. The van der Waals surface area contributed by atoms with Gasteiger partial charge in [0.15, 0.2) is 11.5 Å². The van der Waals surface area contributed by atoms with E-state index in [1.54, 1.807) is 30.5 Å². The molecule has 4 rings (SSSR count). The van der Waals surface area contributed by atoms with Gasteiger partial charge in [0.25, 0.3) is 11.2 Å². The number of nitro groups is 1. The first-order chi connectivity index (χ1) is 18.7. The highest BCUT2D eigenvalue weighted by atomic mass is 127. The molecule has 0 saturated carbocycles. The summed E-state index contributed by atoms with van der Waals surface area (Å²) in [6.07, 6.45) is 2.42.